The van der Waals surface area contributed by atoms with Crippen LogP contribution in [0.3, 0.4) is 0 Å². The van der Waals surface area contributed by atoms with Crippen molar-refractivity contribution in [3.8, 4) is 0 Å². The van der Waals surface area contributed by atoms with Gasteiger partial charge in [0, 0.05) is 19.0 Å². The molecule has 1 aliphatic carbocycles. The van der Waals surface area contributed by atoms with Gasteiger partial charge in [0.1, 0.15) is 11.2 Å². The van der Waals surface area contributed by atoms with Gasteiger partial charge in [0.15, 0.2) is 0 Å². The highest BCUT2D eigenvalue weighted by Gasteiger charge is 2.51. The molecule has 3 rings (SSSR count). The van der Waals surface area contributed by atoms with Crippen LogP contribution in [-0.4, -0.2) is 38.7 Å². The Morgan fingerprint density at radius 3 is 2.29 bits per heavy atom. The Hall–Kier alpha value is -2.42. The SMILES string of the molecule is CCC1(C(=O)CCCc2ccc(S(=O)(=O)NC(=O)NC3CCC(C)CC3)cc2)C(=O)NCC1C. The van der Waals surface area contributed by atoms with Crippen LogP contribution in [0.4, 0.5) is 4.79 Å². The lowest BCUT2D eigenvalue weighted by atomic mass is 9.71. The van der Waals surface area contributed by atoms with Crippen molar-refractivity contribution in [2.75, 3.05) is 6.54 Å². The second kappa shape index (κ2) is 10.9. The minimum absolute atomic E-state index is 0.00151. The van der Waals surface area contributed by atoms with Gasteiger partial charge in [-0.1, -0.05) is 32.9 Å². The summed E-state index contributed by atoms with van der Waals surface area (Å²) in [5.74, 6) is 0.421. The Kier molecular flexibility index (Phi) is 8.38. The molecule has 188 valence electrons. The number of amides is 3. The van der Waals surface area contributed by atoms with E-state index in [4.69, 9.17) is 0 Å². The lowest BCUT2D eigenvalue weighted by molar-refractivity contribution is -0.141. The molecule has 1 saturated carbocycles. The summed E-state index contributed by atoms with van der Waals surface area (Å²) in [5.41, 5.74) is -0.0398. The number of carbonyl (C=O) groups excluding carboxylic acids is 3. The quantitative estimate of drug-likeness (QED) is 0.458. The molecular weight excluding hydrogens is 454 g/mol. The first-order chi connectivity index (χ1) is 16.1. The van der Waals surface area contributed by atoms with E-state index >= 15 is 0 Å². The van der Waals surface area contributed by atoms with Crippen molar-refractivity contribution in [1.29, 1.82) is 0 Å². The number of urea groups is 1. The van der Waals surface area contributed by atoms with E-state index in [1.165, 1.54) is 12.1 Å². The number of benzene rings is 1. The number of ketones is 1. The van der Waals surface area contributed by atoms with Gasteiger partial charge in [0.05, 0.1) is 4.90 Å². The third kappa shape index (κ3) is 5.79. The monoisotopic (exact) mass is 491 g/mol. The molecule has 0 radical (unpaired) electrons. The van der Waals surface area contributed by atoms with Gasteiger partial charge in [-0.2, -0.15) is 0 Å². The van der Waals surface area contributed by atoms with Gasteiger partial charge in [-0.25, -0.2) is 17.9 Å². The van der Waals surface area contributed by atoms with Gasteiger partial charge in [-0.3, -0.25) is 9.59 Å². The molecule has 1 heterocycles. The summed E-state index contributed by atoms with van der Waals surface area (Å²) in [6.07, 6.45) is 5.72. The largest absolute Gasteiger partial charge is 0.355 e. The fraction of sp³-hybridized carbons (Fsp3) is 0.640. The molecule has 8 nitrogen and oxygen atoms in total. The van der Waals surface area contributed by atoms with Crippen LogP contribution in [0.15, 0.2) is 29.2 Å². The highest BCUT2D eigenvalue weighted by atomic mass is 32.2. The van der Waals surface area contributed by atoms with E-state index in [9.17, 15) is 22.8 Å². The molecule has 0 bridgehead atoms. The first-order valence-electron chi connectivity index (χ1n) is 12.3. The van der Waals surface area contributed by atoms with Crippen LogP contribution < -0.4 is 15.4 Å². The predicted octanol–water partition coefficient (Wildman–Crippen LogP) is 3.31. The first-order valence-corrected chi connectivity index (χ1v) is 13.8. The standard InChI is InChI=1S/C25H37N3O5S/c1-4-25(18(3)16-26-23(25)30)22(29)7-5-6-19-10-14-21(15-11-19)34(32,33)28-24(31)27-20-12-8-17(2)9-13-20/h10-11,14-15,17-18,20H,4-9,12-13,16H2,1-3H3,(H,26,30)(H2,27,28,31). The van der Waals surface area contributed by atoms with Gasteiger partial charge in [0.2, 0.25) is 5.91 Å². The zero-order chi connectivity index (χ0) is 24.9. The van der Waals surface area contributed by atoms with Crippen molar-refractivity contribution >= 4 is 27.7 Å². The van der Waals surface area contributed by atoms with E-state index in [0.717, 1.165) is 31.2 Å². The summed E-state index contributed by atoms with van der Waals surface area (Å²) >= 11 is 0. The molecule has 2 unspecified atom stereocenters. The summed E-state index contributed by atoms with van der Waals surface area (Å²) in [5, 5.41) is 5.57. The Balaban J connectivity index is 1.50. The van der Waals surface area contributed by atoms with Crippen molar-refractivity contribution in [2.24, 2.45) is 17.3 Å². The highest BCUT2D eigenvalue weighted by Crippen LogP contribution is 2.38. The van der Waals surface area contributed by atoms with E-state index in [0.29, 0.717) is 38.1 Å². The number of sulfonamides is 1. The molecule has 3 N–H and O–H groups in total. The predicted molar refractivity (Wildman–Crippen MR) is 130 cm³/mol. The van der Waals surface area contributed by atoms with Gasteiger partial charge >= 0.3 is 6.03 Å². The number of rotatable bonds is 9. The topological polar surface area (TPSA) is 121 Å². The Morgan fingerprint density at radius 1 is 1.09 bits per heavy atom. The van der Waals surface area contributed by atoms with Gasteiger partial charge in [0.25, 0.3) is 10.0 Å². The van der Waals surface area contributed by atoms with Crippen LogP contribution in [0.5, 0.6) is 0 Å². The zero-order valence-corrected chi connectivity index (χ0v) is 21.2. The normalized spacial score (nSPS) is 27.1. The van der Waals surface area contributed by atoms with Gasteiger partial charge < -0.3 is 10.6 Å². The molecule has 9 heteroatoms. The van der Waals surface area contributed by atoms with E-state index in [1.54, 1.807) is 12.1 Å². The van der Waals surface area contributed by atoms with Gasteiger partial charge in [-0.05, 0) is 74.5 Å². The Morgan fingerprint density at radius 2 is 1.74 bits per heavy atom. The molecule has 1 aliphatic heterocycles. The third-order valence-corrected chi connectivity index (χ3v) is 8.90. The van der Waals surface area contributed by atoms with Crippen molar-refractivity contribution in [3.63, 3.8) is 0 Å². The molecule has 1 saturated heterocycles. The van der Waals surface area contributed by atoms with Crippen LogP contribution >= 0.6 is 0 Å². The highest BCUT2D eigenvalue weighted by molar-refractivity contribution is 7.90. The summed E-state index contributed by atoms with van der Waals surface area (Å²) in [7, 11) is -3.97. The lowest BCUT2D eigenvalue weighted by Gasteiger charge is -2.27. The molecule has 3 amide bonds. The van der Waals surface area contributed by atoms with E-state index in [-0.39, 0.29) is 28.5 Å². The van der Waals surface area contributed by atoms with Crippen LogP contribution in [0.2, 0.25) is 0 Å². The van der Waals surface area contributed by atoms with Crippen molar-refractivity contribution < 1.29 is 22.8 Å². The van der Waals surface area contributed by atoms with Crippen LogP contribution in [0.25, 0.3) is 0 Å². The number of hydrogen-bond donors (Lipinski definition) is 3. The fourth-order valence-electron chi connectivity index (χ4n) is 5.22. The molecule has 34 heavy (non-hydrogen) atoms. The molecule has 2 atom stereocenters. The van der Waals surface area contributed by atoms with Crippen molar-refractivity contribution in [2.45, 2.75) is 83.1 Å². The average Bonchev–Trinajstić information content (AvgIpc) is 3.09. The van der Waals surface area contributed by atoms with Crippen LogP contribution in [0.1, 0.15) is 71.3 Å². The second-order valence-corrected chi connectivity index (χ2v) is 11.6. The minimum atomic E-state index is -3.97. The molecular formula is C25H37N3O5S. The summed E-state index contributed by atoms with van der Waals surface area (Å²) in [6.45, 7) is 6.52. The maximum absolute atomic E-state index is 12.9. The molecule has 1 aromatic rings. The number of aryl methyl sites for hydroxylation is 1. The zero-order valence-electron chi connectivity index (χ0n) is 20.4. The molecule has 2 aliphatic rings. The van der Waals surface area contributed by atoms with Crippen molar-refractivity contribution in [1.82, 2.24) is 15.4 Å². The van der Waals surface area contributed by atoms with Crippen LogP contribution in [-0.2, 0) is 26.0 Å². The molecule has 0 aromatic heterocycles. The maximum Gasteiger partial charge on any atom is 0.328 e. The number of nitrogens with one attached hydrogen (secondary N) is 3. The number of carbonyl (C=O) groups is 3. The summed E-state index contributed by atoms with van der Waals surface area (Å²) in [6, 6.07) is 5.63. The van der Waals surface area contributed by atoms with Gasteiger partial charge in [-0.15, -0.1) is 0 Å². The smallest absolute Gasteiger partial charge is 0.328 e. The molecule has 1 aromatic carbocycles. The Labute approximate surface area is 202 Å². The molecule has 0 spiro atoms. The average molecular weight is 492 g/mol. The second-order valence-electron chi connectivity index (χ2n) is 9.89. The minimum Gasteiger partial charge on any atom is -0.355 e. The third-order valence-electron chi connectivity index (χ3n) is 7.55. The lowest BCUT2D eigenvalue weighted by Crippen LogP contribution is -2.45. The Bertz CT molecular complexity index is 1000. The van der Waals surface area contributed by atoms with E-state index in [2.05, 4.69) is 22.3 Å². The van der Waals surface area contributed by atoms with E-state index < -0.39 is 21.5 Å². The number of hydrogen-bond acceptors (Lipinski definition) is 5. The summed E-state index contributed by atoms with van der Waals surface area (Å²) in [4.78, 5) is 37.4. The molecule has 2 fully saturated rings. The maximum atomic E-state index is 12.9. The first kappa shape index (κ1) is 26.2. The summed E-state index contributed by atoms with van der Waals surface area (Å²) < 4.78 is 27.2. The number of Topliss-reactive ketones (excluding diaryl/α,β-unsaturated/α-hetero) is 1. The fourth-order valence-corrected chi connectivity index (χ4v) is 6.14. The van der Waals surface area contributed by atoms with E-state index in [1.807, 2.05) is 13.8 Å². The van der Waals surface area contributed by atoms with Crippen LogP contribution in [0, 0.1) is 17.3 Å². The van der Waals surface area contributed by atoms with Crippen molar-refractivity contribution in [3.05, 3.63) is 29.8 Å².